The van der Waals surface area contributed by atoms with E-state index in [9.17, 15) is 8.42 Å². The van der Waals surface area contributed by atoms with Crippen molar-refractivity contribution < 1.29 is 17.9 Å². The van der Waals surface area contributed by atoms with Gasteiger partial charge in [-0.15, -0.1) is 24.0 Å². The van der Waals surface area contributed by atoms with Gasteiger partial charge in [-0.3, -0.25) is 4.99 Å². The normalized spacial score (nSPS) is 12.7. The molecule has 1 unspecified atom stereocenters. The summed E-state index contributed by atoms with van der Waals surface area (Å²) in [6.45, 7) is 5.12. The molecule has 0 aliphatic heterocycles. The van der Waals surface area contributed by atoms with Crippen LogP contribution in [0.15, 0.2) is 29.3 Å². The summed E-state index contributed by atoms with van der Waals surface area (Å²) >= 11 is 0. The number of ether oxygens (including phenoxy) is 2. The zero-order valence-corrected chi connectivity index (χ0v) is 19.5. The van der Waals surface area contributed by atoms with Gasteiger partial charge in [0, 0.05) is 20.1 Å². The Balaban J connectivity index is 0.00000676. The Hall–Kier alpha value is -1.27. The predicted octanol–water partition coefficient (Wildman–Crippen LogP) is 1.57. The average Bonchev–Trinajstić information content (AvgIpc) is 2.64. The first-order valence-electron chi connectivity index (χ1n) is 8.63. The van der Waals surface area contributed by atoms with Crippen molar-refractivity contribution in [2.24, 2.45) is 4.99 Å². The van der Waals surface area contributed by atoms with E-state index in [1.807, 2.05) is 31.2 Å². The summed E-state index contributed by atoms with van der Waals surface area (Å²) in [4.78, 5) is 4.14. The van der Waals surface area contributed by atoms with Crippen LogP contribution in [0, 0.1) is 0 Å². The second-order valence-electron chi connectivity index (χ2n) is 5.61. The van der Waals surface area contributed by atoms with Crippen LogP contribution in [-0.2, 0) is 10.0 Å². The Morgan fingerprint density at radius 2 is 1.85 bits per heavy atom. The summed E-state index contributed by atoms with van der Waals surface area (Å²) in [5.74, 6) is 2.11. The third kappa shape index (κ3) is 10.6. The number of hydrogen-bond donors (Lipinski definition) is 3. The predicted molar refractivity (Wildman–Crippen MR) is 120 cm³/mol. The van der Waals surface area contributed by atoms with E-state index in [-0.39, 0.29) is 35.8 Å². The van der Waals surface area contributed by atoms with E-state index in [1.165, 1.54) is 0 Å². The highest BCUT2D eigenvalue weighted by Crippen LogP contribution is 2.26. The number of halogens is 1. The van der Waals surface area contributed by atoms with Gasteiger partial charge in [-0.1, -0.05) is 12.1 Å². The Morgan fingerprint density at radius 3 is 2.44 bits per heavy atom. The van der Waals surface area contributed by atoms with Gasteiger partial charge in [0.1, 0.15) is 6.10 Å². The minimum atomic E-state index is -3.13. The Kier molecular flexibility index (Phi) is 13.2. The first kappa shape index (κ1) is 25.7. The molecule has 1 aromatic carbocycles. The molecule has 8 nitrogen and oxygen atoms in total. The summed E-state index contributed by atoms with van der Waals surface area (Å²) in [6.07, 6.45) is 0.564. The van der Waals surface area contributed by atoms with Crippen molar-refractivity contribution in [3.63, 3.8) is 0 Å². The van der Waals surface area contributed by atoms with E-state index < -0.39 is 10.0 Å². The van der Waals surface area contributed by atoms with Gasteiger partial charge in [-0.2, -0.15) is 0 Å². The van der Waals surface area contributed by atoms with Gasteiger partial charge in [-0.05, 0) is 32.4 Å². The lowest BCUT2D eigenvalue weighted by molar-refractivity contribution is 0.213. The summed E-state index contributed by atoms with van der Waals surface area (Å²) in [7, 11) is 0.157. The van der Waals surface area contributed by atoms with Crippen molar-refractivity contribution in [1.29, 1.82) is 0 Å². The van der Waals surface area contributed by atoms with Crippen LogP contribution in [0.25, 0.3) is 0 Å². The molecule has 0 saturated heterocycles. The van der Waals surface area contributed by atoms with Crippen molar-refractivity contribution in [2.75, 3.05) is 39.5 Å². The second-order valence-corrected chi connectivity index (χ2v) is 7.71. The molecule has 0 fully saturated rings. The lowest BCUT2D eigenvalue weighted by Gasteiger charge is -2.19. The number of hydrogen-bond acceptors (Lipinski definition) is 5. The first-order valence-corrected chi connectivity index (χ1v) is 10.3. The molecule has 156 valence electrons. The van der Waals surface area contributed by atoms with Gasteiger partial charge < -0.3 is 20.1 Å². The van der Waals surface area contributed by atoms with E-state index in [0.717, 1.165) is 0 Å². The molecule has 0 spiro atoms. The van der Waals surface area contributed by atoms with Crippen LogP contribution in [0.5, 0.6) is 11.5 Å². The van der Waals surface area contributed by atoms with Gasteiger partial charge in [0.15, 0.2) is 17.5 Å². The number of nitrogens with one attached hydrogen (secondary N) is 3. The maximum atomic E-state index is 11.3. The molecule has 27 heavy (non-hydrogen) atoms. The number of sulfonamides is 1. The highest BCUT2D eigenvalue weighted by molar-refractivity contribution is 14.0. The lowest BCUT2D eigenvalue weighted by atomic mass is 10.3. The number of rotatable bonds is 11. The van der Waals surface area contributed by atoms with Crippen LogP contribution in [0.1, 0.15) is 20.3 Å². The highest BCUT2D eigenvalue weighted by Gasteiger charge is 2.09. The summed E-state index contributed by atoms with van der Waals surface area (Å²) in [5.41, 5.74) is 0. The minimum Gasteiger partial charge on any atom is -0.493 e. The molecule has 0 heterocycles. The second kappa shape index (κ2) is 13.8. The molecule has 0 aromatic heterocycles. The standard InChI is InChI=1S/C17H30N4O4S.HI/c1-5-26(22,23)21-12-8-11-19-17(18-3)20-13-14(2)25-16-10-7-6-9-15(16)24-4;/h6-7,9-10,14,21H,5,8,11-13H2,1-4H3,(H2,18,19,20);1H. The van der Waals surface area contributed by atoms with Gasteiger partial charge in [-0.25, -0.2) is 13.1 Å². The Bertz CT molecular complexity index is 671. The third-order valence-electron chi connectivity index (χ3n) is 3.53. The SMILES string of the molecule is CCS(=O)(=O)NCCCNC(=NC)NCC(C)Oc1ccccc1OC.I. The largest absolute Gasteiger partial charge is 0.493 e. The molecule has 0 radical (unpaired) electrons. The lowest BCUT2D eigenvalue weighted by Crippen LogP contribution is -2.42. The molecular weight excluding hydrogens is 483 g/mol. The number of methoxy groups -OCH3 is 1. The van der Waals surface area contributed by atoms with E-state index in [2.05, 4.69) is 20.3 Å². The Labute approximate surface area is 179 Å². The molecule has 0 saturated carbocycles. The molecule has 1 atom stereocenters. The smallest absolute Gasteiger partial charge is 0.211 e. The molecule has 0 aliphatic rings. The number of guanidine groups is 1. The van der Waals surface area contributed by atoms with Crippen molar-refractivity contribution >= 4 is 40.0 Å². The van der Waals surface area contributed by atoms with E-state index in [4.69, 9.17) is 9.47 Å². The van der Waals surface area contributed by atoms with Crippen molar-refractivity contribution in [3.05, 3.63) is 24.3 Å². The molecular formula is C17H31IN4O4S. The quantitative estimate of drug-likeness (QED) is 0.180. The third-order valence-corrected chi connectivity index (χ3v) is 4.93. The number of nitrogens with zero attached hydrogens (tertiary/aromatic N) is 1. The fourth-order valence-corrected chi connectivity index (χ4v) is 2.72. The van der Waals surface area contributed by atoms with Gasteiger partial charge in [0.2, 0.25) is 10.0 Å². The van der Waals surface area contributed by atoms with Crippen LogP contribution < -0.4 is 24.8 Å². The highest BCUT2D eigenvalue weighted by atomic mass is 127. The van der Waals surface area contributed by atoms with Crippen LogP contribution >= 0.6 is 24.0 Å². The fraction of sp³-hybridized carbons (Fsp3) is 0.588. The van der Waals surface area contributed by atoms with Crippen LogP contribution in [0.2, 0.25) is 0 Å². The molecule has 3 N–H and O–H groups in total. The first-order chi connectivity index (χ1) is 12.4. The molecule has 1 aromatic rings. The molecule has 0 bridgehead atoms. The minimum absolute atomic E-state index is 0. The number of benzene rings is 1. The van der Waals surface area contributed by atoms with E-state index in [1.54, 1.807) is 21.1 Å². The maximum absolute atomic E-state index is 11.3. The zero-order valence-electron chi connectivity index (χ0n) is 16.3. The summed E-state index contributed by atoms with van der Waals surface area (Å²) in [5, 5.41) is 6.32. The molecule has 0 amide bonds. The Morgan fingerprint density at radius 1 is 1.19 bits per heavy atom. The van der Waals surface area contributed by atoms with Crippen molar-refractivity contribution in [2.45, 2.75) is 26.4 Å². The topological polar surface area (TPSA) is 101 Å². The van der Waals surface area contributed by atoms with E-state index >= 15 is 0 Å². The number of aliphatic imine (C=N–C) groups is 1. The molecule has 10 heteroatoms. The monoisotopic (exact) mass is 514 g/mol. The maximum Gasteiger partial charge on any atom is 0.211 e. The van der Waals surface area contributed by atoms with Crippen molar-refractivity contribution in [3.8, 4) is 11.5 Å². The van der Waals surface area contributed by atoms with Crippen LogP contribution in [0.4, 0.5) is 0 Å². The van der Waals surface area contributed by atoms with E-state index in [0.29, 0.717) is 43.5 Å². The van der Waals surface area contributed by atoms with Crippen LogP contribution in [-0.4, -0.2) is 60.0 Å². The average molecular weight is 514 g/mol. The molecule has 1 rings (SSSR count). The summed E-state index contributed by atoms with van der Waals surface area (Å²) in [6, 6.07) is 7.49. The molecule has 0 aliphatic carbocycles. The van der Waals surface area contributed by atoms with Gasteiger partial charge in [0.05, 0.1) is 19.4 Å². The zero-order chi connectivity index (χ0) is 19.4. The van der Waals surface area contributed by atoms with Crippen LogP contribution in [0.3, 0.4) is 0 Å². The van der Waals surface area contributed by atoms with Gasteiger partial charge in [0.25, 0.3) is 0 Å². The van der Waals surface area contributed by atoms with Gasteiger partial charge >= 0.3 is 0 Å². The fourth-order valence-electron chi connectivity index (χ4n) is 2.06. The summed E-state index contributed by atoms with van der Waals surface area (Å²) < 4.78 is 36.3. The number of para-hydroxylation sites is 2. The van der Waals surface area contributed by atoms with Crippen molar-refractivity contribution in [1.82, 2.24) is 15.4 Å².